The van der Waals surface area contributed by atoms with Gasteiger partial charge in [-0.15, -0.1) is 0 Å². The van der Waals surface area contributed by atoms with Crippen LogP contribution in [0.25, 0.3) is 0 Å². The zero-order valence-electron chi connectivity index (χ0n) is 20.1. The van der Waals surface area contributed by atoms with E-state index in [1.54, 1.807) is 26.0 Å². The van der Waals surface area contributed by atoms with Gasteiger partial charge in [-0.1, -0.05) is 36.4 Å². The molecular formula is C27H27IN2O4S. The van der Waals surface area contributed by atoms with Crippen LogP contribution in [0.1, 0.15) is 34.2 Å². The molecule has 1 heterocycles. The Bertz CT molecular complexity index is 1380. The Hall–Kier alpha value is -2.56. The number of anilines is 1. The molecule has 0 spiro atoms. The van der Waals surface area contributed by atoms with Crippen molar-refractivity contribution in [1.82, 2.24) is 4.31 Å². The number of halogens is 1. The number of carbonyl (C=O) groups is 2. The Morgan fingerprint density at radius 3 is 2.06 bits per heavy atom. The third-order valence-electron chi connectivity index (χ3n) is 6.60. The molecule has 1 saturated heterocycles. The number of hydrogen-bond acceptors (Lipinski definition) is 4. The number of carbonyl (C=O) groups excluding carboxylic acids is 2. The predicted molar refractivity (Wildman–Crippen MR) is 145 cm³/mol. The number of sulfonamides is 1. The minimum absolute atomic E-state index is 0.0146. The van der Waals surface area contributed by atoms with Gasteiger partial charge in [-0.25, -0.2) is 13.3 Å². The molecular weight excluding hydrogens is 575 g/mol. The van der Waals surface area contributed by atoms with Crippen molar-refractivity contribution < 1.29 is 18.0 Å². The first kappa shape index (κ1) is 25.5. The van der Waals surface area contributed by atoms with Gasteiger partial charge >= 0.3 is 0 Å². The topological polar surface area (TPSA) is 74.8 Å². The van der Waals surface area contributed by atoms with Crippen molar-refractivity contribution in [2.24, 2.45) is 0 Å². The van der Waals surface area contributed by atoms with Gasteiger partial charge in [0.25, 0.3) is 5.91 Å². The molecule has 1 atom stereocenters. The van der Waals surface area contributed by atoms with E-state index in [4.69, 9.17) is 0 Å². The summed E-state index contributed by atoms with van der Waals surface area (Å²) in [5, 5.41) is 0. The van der Waals surface area contributed by atoms with Gasteiger partial charge in [0.15, 0.2) is 0 Å². The Morgan fingerprint density at radius 1 is 0.914 bits per heavy atom. The monoisotopic (exact) mass is 602 g/mol. The number of amides is 2. The van der Waals surface area contributed by atoms with Gasteiger partial charge in [0.2, 0.25) is 15.9 Å². The minimum atomic E-state index is -4.13. The Balaban J connectivity index is 1.84. The molecule has 182 valence electrons. The molecule has 4 rings (SSSR count). The van der Waals surface area contributed by atoms with Crippen LogP contribution in [0, 0.1) is 31.3 Å². The third-order valence-corrected chi connectivity index (χ3v) is 9.45. The fourth-order valence-corrected chi connectivity index (χ4v) is 7.02. The second-order valence-electron chi connectivity index (χ2n) is 8.89. The molecule has 0 bridgehead atoms. The minimum Gasteiger partial charge on any atom is -0.274 e. The smallest absolute Gasteiger partial charge is 0.252 e. The number of rotatable bonds is 6. The molecule has 1 aliphatic heterocycles. The first-order chi connectivity index (χ1) is 16.5. The summed E-state index contributed by atoms with van der Waals surface area (Å²) in [4.78, 5) is 28.0. The summed E-state index contributed by atoms with van der Waals surface area (Å²) in [6.45, 7) is 7.32. The molecule has 0 N–H and O–H groups in total. The highest BCUT2D eigenvalue weighted by Crippen LogP contribution is 2.34. The zero-order valence-corrected chi connectivity index (χ0v) is 23.1. The van der Waals surface area contributed by atoms with Crippen molar-refractivity contribution >= 4 is 50.1 Å². The van der Waals surface area contributed by atoms with E-state index in [2.05, 4.69) is 22.6 Å². The SMILES string of the molecule is Cc1cc(C)c(C)c(S(=O)(=O)N(Cc2ccccc2)C2CC(=O)N(c3ccc(I)cc3)C2=O)c1C. The lowest BCUT2D eigenvalue weighted by Gasteiger charge is -2.29. The van der Waals surface area contributed by atoms with Crippen molar-refractivity contribution in [2.75, 3.05) is 4.90 Å². The molecule has 1 fully saturated rings. The molecule has 0 saturated carbocycles. The molecule has 3 aromatic rings. The van der Waals surface area contributed by atoms with Crippen molar-refractivity contribution in [1.29, 1.82) is 0 Å². The maximum atomic E-state index is 14.3. The van der Waals surface area contributed by atoms with E-state index in [1.165, 1.54) is 4.31 Å². The molecule has 35 heavy (non-hydrogen) atoms. The summed E-state index contributed by atoms with van der Waals surface area (Å²) in [7, 11) is -4.13. The van der Waals surface area contributed by atoms with Gasteiger partial charge in [-0.05, 0) is 102 Å². The summed E-state index contributed by atoms with van der Waals surface area (Å²) < 4.78 is 30.7. The molecule has 1 unspecified atom stereocenters. The second kappa shape index (κ2) is 9.83. The Kier molecular flexibility index (Phi) is 7.17. The van der Waals surface area contributed by atoms with Crippen LogP contribution in [0.2, 0.25) is 0 Å². The zero-order chi connectivity index (χ0) is 25.5. The van der Waals surface area contributed by atoms with Crippen LogP contribution in [0.5, 0.6) is 0 Å². The summed E-state index contributed by atoms with van der Waals surface area (Å²) in [5.41, 5.74) is 4.21. The Labute approximate surface area is 220 Å². The van der Waals surface area contributed by atoms with Crippen LogP contribution in [0.3, 0.4) is 0 Å². The van der Waals surface area contributed by atoms with Crippen LogP contribution < -0.4 is 4.90 Å². The van der Waals surface area contributed by atoms with Crippen molar-refractivity contribution in [3.05, 3.63) is 92.1 Å². The van der Waals surface area contributed by atoms with Crippen LogP contribution in [-0.2, 0) is 26.2 Å². The van der Waals surface area contributed by atoms with Crippen LogP contribution in [0.15, 0.2) is 65.6 Å². The molecule has 0 radical (unpaired) electrons. The summed E-state index contributed by atoms with van der Waals surface area (Å²) in [6, 6.07) is 17.0. The average molecular weight is 602 g/mol. The highest BCUT2D eigenvalue weighted by molar-refractivity contribution is 14.1. The lowest BCUT2D eigenvalue weighted by molar-refractivity contribution is -0.122. The second-order valence-corrected chi connectivity index (χ2v) is 12.0. The molecule has 6 nitrogen and oxygen atoms in total. The van der Waals surface area contributed by atoms with Crippen LogP contribution >= 0.6 is 22.6 Å². The maximum Gasteiger partial charge on any atom is 0.252 e. The van der Waals surface area contributed by atoms with Crippen LogP contribution in [0.4, 0.5) is 5.69 Å². The van der Waals surface area contributed by atoms with E-state index in [0.29, 0.717) is 16.8 Å². The number of aryl methyl sites for hydroxylation is 2. The van der Waals surface area contributed by atoms with E-state index < -0.39 is 27.9 Å². The van der Waals surface area contributed by atoms with Crippen molar-refractivity contribution in [3.8, 4) is 0 Å². The fraction of sp³-hybridized carbons (Fsp3) is 0.259. The molecule has 2 amide bonds. The average Bonchev–Trinajstić information content (AvgIpc) is 3.10. The molecule has 0 aliphatic carbocycles. The fourth-order valence-electron chi connectivity index (χ4n) is 4.51. The lowest BCUT2D eigenvalue weighted by atomic mass is 10.0. The van der Waals surface area contributed by atoms with Gasteiger partial charge in [0.05, 0.1) is 17.0 Å². The summed E-state index contributed by atoms with van der Waals surface area (Å²) in [6.07, 6.45) is -0.209. The largest absolute Gasteiger partial charge is 0.274 e. The van der Waals surface area contributed by atoms with E-state index in [1.807, 2.05) is 62.4 Å². The predicted octanol–water partition coefficient (Wildman–Crippen LogP) is 5.05. The Morgan fingerprint density at radius 2 is 1.49 bits per heavy atom. The molecule has 3 aromatic carbocycles. The highest BCUT2D eigenvalue weighted by Gasteiger charge is 2.47. The number of hydrogen-bond donors (Lipinski definition) is 0. The molecule has 1 aliphatic rings. The van der Waals surface area contributed by atoms with Gasteiger partial charge in [0.1, 0.15) is 6.04 Å². The first-order valence-electron chi connectivity index (χ1n) is 11.3. The van der Waals surface area contributed by atoms with E-state index in [-0.39, 0.29) is 17.9 Å². The first-order valence-corrected chi connectivity index (χ1v) is 13.8. The van der Waals surface area contributed by atoms with Crippen molar-refractivity contribution in [2.45, 2.75) is 51.6 Å². The van der Waals surface area contributed by atoms with Gasteiger partial charge in [-0.3, -0.25) is 9.59 Å². The molecule has 8 heteroatoms. The normalized spacial score (nSPS) is 16.4. The highest BCUT2D eigenvalue weighted by atomic mass is 127. The van der Waals surface area contributed by atoms with E-state index >= 15 is 0 Å². The van der Waals surface area contributed by atoms with Gasteiger partial charge in [-0.2, -0.15) is 4.31 Å². The standard InChI is InChI=1S/C27H27IN2O4S/c1-17-14-18(2)20(4)26(19(17)3)35(33,34)29(16-21-8-6-5-7-9-21)24-15-25(31)30(27(24)32)23-12-10-22(28)11-13-23/h5-14,24H,15-16H2,1-4H3. The number of nitrogens with zero attached hydrogens (tertiary/aromatic N) is 2. The van der Waals surface area contributed by atoms with Crippen molar-refractivity contribution in [3.63, 3.8) is 0 Å². The summed E-state index contributed by atoms with van der Waals surface area (Å²) in [5.74, 6) is -0.946. The molecule has 0 aromatic heterocycles. The maximum absolute atomic E-state index is 14.3. The third kappa shape index (κ3) is 4.79. The number of imide groups is 1. The van der Waals surface area contributed by atoms with E-state index in [9.17, 15) is 18.0 Å². The lowest BCUT2D eigenvalue weighted by Crippen LogP contribution is -2.45. The van der Waals surface area contributed by atoms with Gasteiger partial charge in [0, 0.05) is 10.1 Å². The van der Waals surface area contributed by atoms with Gasteiger partial charge < -0.3 is 0 Å². The number of benzene rings is 3. The quantitative estimate of drug-likeness (QED) is 0.293. The van der Waals surface area contributed by atoms with Crippen LogP contribution in [-0.4, -0.2) is 30.6 Å². The van der Waals surface area contributed by atoms with E-state index in [0.717, 1.165) is 25.2 Å². The summed E-state index contributed by atoms with van der Waals surface area (Å²) >= 11 is 2.15.